The molecule has 2 aromatic rings. The van der Waals surface area contributed by atoms with Crippen LogP contribution in [0.25, 0.3) is 0 Å². The molecule has 134 valence electrons. The molecule has 0 aromatic heterocycles. The average Bonchev–Trinajstić information content (AvgIpc) is 3.02. The summed E-state index contributed by atoms with van der Waals surface area (Å²) in [5.74, 6) is -0.436. The van der Waals surface area contributed by atoms with E-state index < -0.39 is 11.1 Å². The van der Waals surface area contributed by atoms with Crippen molar-refractivity contribution in [2.45, 2.75) is 22.6 Å². The Bertz CT molecular complexity index is 732. The van der Waals surface area contributed by atoms with E-state index in [0.29, 0.717) is 13.1 Å². The fraction of sp³-hybridized carbons (Fsp3) is 0.278. The molecule has 3 rings (SSSR count). The number of likely N-dealkylation sites (tertiary alicyclic amines) is 1. The molecule has 0 spiro atoms. The molecule has 1 aliphatic rings. The standard InChI is InChI=1S/C18H18ClFN2OS.ClH/c19-15-10-14(6-7-16(15)20)24-17(12-4-2-1-3-5-12)18(23)22-9-8-13(21)11-22;/h1-7,10,13,17H,8-9,11,21H2;1H/t13-,17?;/m1./s1. The molecule has 1 saturated heterocycles. The predicted molar refractivity (Wildman–Crippen MR) is 103 cm³/mol. The SMILES string of the molecule is Cl.N[C@@H]1CCN(C(=O)C(Sc2ccc(F)c(Cl)c2)c2ccccc2)C1. The maximum absolute atomic E-state index is 13.4. The summed E-state index contributed by atoms with van der Waals surface area (Å²) in [6.45, 7) is 1.25. The number of amides is 1. The van der Waals surface area contributed by atoms with Crippen molar-refractivity contribution in [3.8, 4) is 0 Å². The van der Waals surface area contributed by atoms with Crippen LogP contribution in [0, 0.1) is 5.82 Å². The van der Waals surface area contributed by atoms with Gasteiger partial charge in [0.25, 0.3) is 0 Å². The van der Waals surface area contributed by atoms with E-state index in [2.05, 4.69) is 0 Å². The van der Waals surface area contributed by atoms with Crippen LogP contribution >= 0.6 is 35.8 Å². The van der Waals surface area contributed by atoms with Gasteiger partial charge in [-0.1, -0.05) is 41.9 Å². The minimum Gasteiger partial charge on any atom is -0.340 e. The van der Waals surface area contributed by atoms with Crippen LogP contribution < -0.4 is 5.73 Å². The van der Waals surface area contributed by atoms with Crippen molar-refractivity contribution in [3.63, 3.8) is 0 Å². The van der Waals surface area contributed by atoms with Gasteiger partial charge in [-0.25, -0.2) is 4.39 Å². The summed E-state index contributed by atoms with van der Waals surface area (Å²) in [6, 6.07) is 14.1. The Hall–Kier alpha value is -1.27. The summed E-state index contributed by atoms with van der Waals surface area (Å²) in [5.41, 5.74) is 6.84. The van der Waals surface area contributed by atoms with E-state index in [1.54, 1.807) is 17.0 Å². The lowest BCUT2D eigenvalue weighted by molar-refractivity contribution is -0.129. The molecule has 1 aliphatic heterocycles. The van der Waals surface area contributed by atoms with Gasteiger partial charge >= 0.3 is 0 Å². The van der Waals surface area contributed by atoms with Crippen molar-refractivity contribution < 1.29 is 9.18 Å². The van der Waals surface area contributed by atoms with Crippen LogP contribution in [0.2, 0.25) is 5.02 Å². The maximum Gasteiger partial charge on any atom is 0.240 e. The van der Waals surface area contributed by atoms with Crippen LogP contribution in [0.1, 0.15) is 17.2 Å². The third-order valence-corrected chi connectivity index (χ3v) is 5.53. The second kappa shape index (κ2) is 8.90. The summed E-state index contributed by atoms with van der Waals surface area (Å²) < 4.78 is 13.4. The van der Waals surface area contributed by atoms with E-state index in [-0.39, 0.29) is 29.4 Å². The van der Waals surface area contributed by atoms with Gasteiger partial charge in [-0.15, -0.1) is 24.2 Å². The van der Waals surface area contributed by atoms with Gasteiger partial charge in [0.05, 0.1) is 5.02 Å². The first-order chi connectivity index (χ1) is 11.5. The van der Waals surface area contributed by atoms with Crippen molar-refractivity contribution in [3.05, 3.63) is 64.9 Å². The quantitative estimate of drug-likeness (QED) is 0.778. The van der Waals surface area contributed by atoms with E-state index in [0.717, 1.165) is 16.9 Å². The van der Waals surface area contributed by atoms with Crippen LogP contribution in [0.3, 0.4) is 0 Å². The number of hydrogen-bond donors (Lipinski definition) is 1. The topological polar surface area (TPSA) is 46.3 Å². The fourth-order valence-electron chi connectivity index (χ4n) is 2.73. The summed E-state index contributed by atoms with van der Waals surface area (Å²) >= 11 is 7.25. The van der Waals surface area contributed by atoms with Gasteiger partial charge in [0.2, 0.25) is 5.91 Å². The highest BCUT2D eigenvalue weighted by molar-refractivity contribution is 8.00. The predicted octanol–water partition coefficient (Wildman–Crippen LogP) is 4.29. The van der Waals surface area contributed by atoms with Gasteiger partial charge in [-0.2, -0.15) is 0 Å². The molecule has 2 N–H and O–H groups in total. The molecule has 0 bridgehead atoms. The minimum atomic E-state index is -0.464. The lowest BCUT2D eigenvalue weighted by Gasteiger charge is -2.23. The zero-order valence-corrected chi connectivity index (χ0v) is 15.8. The van der Waals surface area contributed by atoms with Gasteiger partial charge in [0.1, 0.15) is 11.1 Å². The highest BCUT2D eigenvalue weighted by atomic mass is 35.5. The first-order valence-electron chi connectivity index (χ1n) is 7.75. The second-order valence-corrected chi connectivity index (χ2v) is 7.40. The highest BCUT2D eigenvalue weighted by Gasteiger charge is 2.31. The molecule has 1 unspecified atom stereocenters. The number of nitrogens with two attached hydrogens (primary N) is 1. The van der Waals surface area contributed by atoms with E-state index in [9.17, 15) is 9.18 Å². The third-order valence-electron chi connectivity index (χ3n) is 4.01. The van der Waals surface area contributed by atoms with Gasteiger partial charge in [-0.05, 0) is 30.2 Å². The van der Waals surface area contributed by atoms with Crippen LogP contribution in [0.4, 0.5) is 4.39 Å². The Labute approximate surface area is 162 Å². The van der Waals surface area contributed by atoms with Gasteiger partial charge < -0.3 is 10.6 Å². The van der Waals surface area contributed by atoms with Gasteiger partial charge in [0.15, 0.2) is 0 Å². The normalized spacial score (nSPS) is 17.9. The van der Waals surface area contributed by atoms with E-state index in [1.165, 1.54) is 17.8 Å². The molecule has 0 radical (unpaired) electrons. The van der Waals surface area contributed by atoms with E-state index >= 15 is 0 Å². The molecule has 7 heteroatoms. The van der Waals surface area contributed by atoms with Crippen LogP contribution in [0.5, 0.6) is 0 Å². The Morgan fingerprint density at radius 1 is 1.28 bits per heavy atom. The zero-order valence-electron chi connectivity index (χ0n) is 13.4. The molecule has 0 aliphatic carbocycles. The second-order valence-electron chi connectivity index (χ2n) is 5.82. The number of carbonyl (C=O) groups excluding carboxylic acids is 1. The monoisotopic (exact) mass is 400 g/mol. The molecule has 1 heterocycles. The maximum atomic E-state index is 13.4. The molecule has 2 aromatic carbocycles. The van der Waals surface area contributed by atoms with Crippen molar-refractivity contribution in [2.24, 2.45) is 5.73 Å². The summed E-state index contributed by atoms with van der Waals surface area (Å²) in [5, 5.41) is -0.347. The number of nitrogens with zero attached hydrogens (tertiary/aromatic N) is 1. The van der Waals surface area contributed by atoms with Crippen molar-refractivity contribution in [1.82, 2.24) is 4.90 Å². The number of thioether (sulfide) groups is 1. The Morgan fingerprint density at radius 2 is 2.00 bits per heavy atom. The van der Waals surface area contributed by atoms with E-state index in [1.807, 2.05) is 30.3 Å². The Morgan fingerprint density at radius 3 is 2.60 bits per heavy atom. The molecule has 2 atom stereocenters. The zero-order chi connectivity index (χ0) is 17.1. The Balaban J connectivity index is 0.00000225. The van der Waals surface area contributed by atoms with Crippen LogP contribution in [0.15, 0.2) is 53.4 Å². The van der Waals surface area contributed by atoms with Crippen LogP contribution in [-0.4, -0.2) is 29.9 Å². The first kappa shape index (κ1) is 20.0. The van der Waals surface area contributed by atoms with Gasteiger partial charge in [0, 0.05) is 24.0 Å². The number of hydrogen-bond acceptors (Lipinski definition) is 3. The Kier molecular flexibility index (Phi) is 7.14. The third kappa shape index (κ3) is 4.88. The first-order valence-corrected chi connectivity index (χ1v) is 9.01. The van der Waals surface area contributed by atoms with Crippen molar-refractivity contribution in [1.29, 1.82) is 0 Å². The summed E-state index contributed by atoms with van der Waals surface area (Å²) in [7, 11) is 0. The highest BCUT2D eigenvalue weighted by Crippen LogP contribution is 2.38. The molecule has 25 heavy (non-hydrogen) atoms. The molecule has 3 nitrogen and oxygen atoms in total. The van der Waals surface area contributed by atoms with Gasteiger partial charge in [-0.3, -0.25) is 4.79 Å². The number of carbonyl (C=O) groups is 1. The largest absolute Gasteiger partial charge is 0.340 e. The molecule has 0 saturated carbocycles. The van der Waals surface area contributed by atoms with Crippen molar-refractivity contribution in [2.75, 3.05) is 13.1 Å². The van der Waals surface area contributed by atoms with E-state index in [4.69, 9.17) is 17.3 Å². The molecule has 1 amide bonds. The average molecular weight is 401 g/mol. The van der Waals surface area contributed by atoms with Crippen molar-refractivity contribution >= 4 is 41.7 Å². The number of benzene rings is 2. The lowest BCUT2D eigenvalue weighted by atomic mass is 10.1. The minimum absolute atomic E-state index is 0. The molecule has 1 fully saturated rings. The number of rotatable bonds is 4. The molecular formula is C18H19Cl2FN2OS. The number of halogens is 3. The fourth-order valence-corrected chi connectivity index (χ4v) is 4.12. The summed E-state index contributed by atoms with van der Waals surface area (Å²) in [4.78, 5) is 15.6. The summed E-state index contributed by atoms with van der Waals surface area (Å²) in [6.07, 6.45) is 0.820. The molecular weight excluding hydrogens is 382 g/mol. The van der Waals surface area contributed by atoms with Crippen LogP contribution in [-0.2, 0) is 4.79 Å². The smallest absolute Gasteiger partial charge is 0.240 e. The lowest BCUT2D eigenvalue weighted by Crippen LogP contribution is -2.34.